The number of para-hydroxylation sites is 1. The number of rotatable bonds is 8. The van der Waals surface area contributed by atoms with Crippen LogP contribution < -0.4 is 4.74 Å². The van der Waals surface area contributed by atoms with Crippen molar-refractivity contribution in [3.8, 4) is 5.75 Å². The predicted octanol–water partition coefficient (Wildman–Crippen LogP) is 4.80. The Kier molecular flexibility index (Phi) is 6.60. The third kappa shape index (κ3) is 5.66. The van der Waals surface area contributed by atoms with Crippen molar-refractivity contribution in [1.29, 1.82) is 0 Å². The fourth-order valence-electron chi connectivity index (χ4n) is 1.84. The van der Waals surface area contributed by atoms with E-state index in [0.717, 1.165) is 24.8 Å². The van der Waals surface area contributed by atoms with E-state index in [9.17, 15) is 8.78 Å². The van der Waals surface area contributed by atoms with Crippen molar-refractivity contribution in [2.45, 2.75) is 52.1 Å². The number of unbranched alkanes of at least 4 members (excludes halogenated alkanes) is 4. The van der Waals surface area contributed by atoms with Crippen molar-refractivity contribution in [3.05, 3.63) is 29.8 Å². The highest BCUT2D eigenvalue weighted by Crippen LogP contribution is 2.22. The first kappa shape index (κ1) is 13.9. The average Bonchev–Trinajstić information content (AvgIpc) is 2.30. The van der Waals surface area contributed by atoms with Crippen LogP contribution in [-0.2, 0) is 6.42 Å². The maximum absolute atomic E-state index is 12.2. The van der Waals surface area contributed by atoms with Gasteiger partial charge in [0.25, 0.3) is 0 Å². The minimum Gasteiger partial charge on any atom is -0.435 e. The summed E-state index contributed by atoms with van der Waals surface area (Å²) in [5, 5.41) is 0. The van der Waals surface area contributed by atoms with Crippen LogP contribution in [0, 0.1) is 0 Å². The molecule has 1 nitrogen and oxygen atoms in total. The Morgan fingerprint density at radius 2 is 1.76 bits per heavy atom. The van der Waals surface area contributed by atoms with Crippen molar-refractivity contribution in [3.63, 3.8) is 0 Å². The summed E-state index contributed by atoms with van der Waals surface area (Å²) in [6.07, 6.45) is 6.67. The van der Waals surface area contributed by atoms with Gasteiger partial charge in [0, 0.05) is 0 Å². The van der Waals surface area contributed by atoms with Crippen molar-refractivity contribution >= 4 is 0 Å². The van der Waals surface area contributed by atoms with Crippen LogP contribution in [-0.4, -0.2) is 6.61 Å². The summed E-state index contributed by atoms with van der Waals surface area (Å²) < 4.78 is 28.8. The average molecular weight is 242 g/mol. The summed E-state index contributed by atoms with van der Waals surface area (Å²) in [6, 6.07) is 7.04. The SMILES string of the molecule is CCCCCCCc1ccccc1OC(F)F. The molecule has 1 rings (SSSR count). The molecule has 0 atom stereocenters. The Bertz CT molecular complexity index is 313. The van der Waals surface area contributed by atoms with Gasteiger partial charge in [-0.2, -0.15) is 8.78 Å². The summed E-state index contributed by atoms with van der Waals surface area (Å²) in [6.45, 7) is -0.567. The van der Waals surface area contributed by atoms with Crippen LogP contribution in [0.1, 0.15) is 44.6 Å². The maximum Gasteiger partial charge on any atom is 0.387 e. The Hall–Kier alpha value is -1.12. The minimum atomic E-state index is -2.74. The van der Waals surface area contributed by atoms with Crippen LogP contribution in [0.5, 0.6) is 5.75 Å². The Labute approximate surface area is 102 Å². The molecule has 0 radical (unpaired) electrons. The first-order valence-electron chi connectivity index (χ1n) is 6.26. The zero-order valence-electron chi connectivity index (χ0n) is 10.3. The van der Waals surface area contributed by atoms with Gasteiger partial charge >= 0.3 is 6.61 Å². The summed E-state index contributed by atoms with van der Waals surface area (Å²) >= 11 is 0. The highest BCUT2D eigenvalue weighted by atomic mass is 19.3. The fourth-order valence-corrected chi connectivity index (χ4v) is 1.84. The third-order valence-electron chi connectivity index (χ3n) is 2.74. The molecule has 96 valence electrons. The molecule has 0 N–H and O–H groups in total. The van der Waals surface area contributed by atoms with Gasteiger partial charge in [0.05, 0.1) is 0 Å². The smallest absolute Gasteiger partial charge is 0.387 e. The highest BCUT2D eigenvalue weighted by molar-refractivity contribution is 5.33. The first-order chi connectivity index (χ1) is 8.24. The molecular formula is C14H20F2O. The Morgan fingerprint density at radius 1 is 1.06 bits per heavy atom. The van der Waals surface area contributed by atoms with E-state index >= 15 is 0 Å². The summed E-state index contributed by atoms with van der Waals surface area (Å²) in [7, 11) is 0. The standard InChI is InChI=1S/C14H20F2O/c1-2-3-4-5-6-9-12-10-7-8-11-13(12)17-14(15)16/h7-8,10-11,14H,2-6,9H2,1H3. The molecule has 17 heavy (non-hydrogen) atoms. The molecule has 0 aliphatic heterocycles. The lowest BCUT2D eigenvalue weighted by atomic mass is 10.0. The zero-order valence-corrected chi connectivity index (χ0v) is 10.3. The van der Waals surface area contributed by atoms with Crippen molar-refractivity contribution in [1.82, 2.24) is 0 Å². The van der Waals surface area contributed by atoms with Gasteiger partial charge in [-0.15, -0.1) is 0 Å². The van der Waals surface area contributed by atoms with E-state index < -0.39 is 6.61 Å². The van der Waals surface area contributed by atoms with Gasteiger partial charge in [-0.25, -0.2) is 0 Å². The third-order valence-corrected chi connectivity index (χ3v) is 2.74. The van der Waals surface area contributed by atoms with Crippen LogP contribution in [0.25, 0.3) is 0 Å². The quantitative estimate of drug-likeness (QED) is 0.595. The molecule has 0 aromatic heterocycles. The summed E-state index contributed by atoms with van der Waals surface area (Å²) in [5.41, 5.74) is 0.879. The number of halogens is 2. The second-order valence-corrected chi connectivity index (χ2v) is 4.15. The second-order valence-electron chi connectivity index (χ2n) is 4.15. The lowest BCUT2D eigenvalue weighted by molar-refractivity contribution is -0.0504. The van der Waals surface area contributed by atoms with E-state index in [1.165, 1.54) is 19.3 Å². The molecule has 0 spiro atoms. The lowest BCUT2D eigenvalue weighted by Gasteiger charge is -2.10. The number of benzene rings is 1. The summed E-state index contributed by atoms with van der Waals surface area (Å²) in [4.78, 5) is 0. The predicted molar refractivity (Wildman–Crippen MR) is 65.5 cm³/mol. The van der Waals surface area contributed by atoms with E-state index in [2.05, 4.69) is 11.7 Å². The maximum atomic E-state index is 12.2. The van der Waals surface area contributed by atoms with Crippen molar-refractivity contribution < 1.29 is 13.5 Å². The highest BCUT2D eigenvalue weighted by Gasteiger charge is 2.08. The number of aryl methyl sites for hydroxylation is 1. The molecular weight excluding hydrogens is 222 g/mol. The Morgan fingerprint density at radius 3 is 2.47 bits per heavy atom. The summed E-state index contributed by atoms with van der Waals surface area (Å²) in [5.74, 6) is 0.318. The van der Waals surface area contributed by atoms with Crippen LogP contribution in [0.2, 0.25) is 0 Å². The molecule has 0 bridgehead atoms. The van der Waals surface area contributed by atoms with E-state index in [0.29, 0.717) is 5.75 Å². The van der Waals surface area contributed by atoms with E-state index in [-0.39, 0.29) is 0 Å². The van der Waals surface area contributed by atoms with E-state index in [1.807, 2.05) is 12.1 Å². The molecule has 3 heteroatoms. The van der Waals surface area contributed by atoms with Gasteiger partial charge in [-0.3, -0.25) is 0 Å². The van der Waals surface area contributed by atoms with Crippen LogP contribution >= 0.6 is 0 Å². The van der Waals surface area contributed by atoms with Crippen LogP contribution in [0.4, 0.5) is 8.78 Å². The van der Waals surface area contributed by atoms with Crippen molar-refractivity contribution in [2.24, 2.45) is 0 Å². The van der Waals surface area contributed by atoms with E-state index in [1.54, 1.807) is 12.1 Å². The van der Waals surface area contributed by atoms with Gasteiger partial charge in [0.2, 0.25) is 0 Å². The number of alkyl halides is 2. The largest absolute Gasteiger partial charge is 0.435 e. The second kappa shape index (κ2) is 8.04. The number of ether oxygens (including phenoxy) is 1. The molecule has 0 amide bonds. The molecule has 0 fully saturated rings. The van der Waals surface area contributed by atoms with Crippen LogP contribution in [0.3, 0.4) is 0 Å². The van der Waals surface area contributed by atoms with Gasteiger partial charge in [-0.05, 0) is 24.5 Å². The Balaban J connectivity index is 2.40. The topological polar surface area (TPSA) is 9.23 Å². The number of hydrogen-bond donors (Lipinski definition) is 0. The minimum absolute atomic E-state index is 0.318. The van der Waals surface area contributed by atoms with Crippen LogP contribution in [0.15, 0.2) is 24.3 Å². The zero-order chi connectivity index (χ0) is 12.5. The van der Waals surface area contributed by atoms with Gasteiger partial charge in [-0.1, -0.05) is 50.8 Å². The monoisotopic (exact) mass is 242 g/mol. The molecule has 0 saturated heterocycles. The molecule has 0 saturated carbocycles. The molecule has 0 aliphatic carbocycles. The first-order valence-corrected chi connectivity index (χ1v) is 6.26. The molecule has 0 aliphatic rings. The van der Waals surface area contributed by atoms with Gasteiger partial charge in [0.1, 0.15) is 5.75 Å². The van der Waals surface area contributed by atoms with Gasteiger partial charge < -0.3 is 4.74 Å². The molecule has 1 aromatic rings. The fraction of sp³-hybridized carbons (Fsp3) is 0.571. The molecule has 1 aromatic carbocycles. The molecule has 0 heterocycles. The van der Waals surface area contributed by atoms with Crippen molar-refractivity contribution in [2.75, 3.05) is 0 Å². The normalized spacial score (nSPS) is 10.8. The lowest BCUT2D eigenvalue weighted by Crippen LogP contribution is -2.04. The molecule has 0 unspecified atom stereocenters. The van der Waals surface area contributed by atoms with Gasteiger partial charge in [0.15, 0.2) is 0 Å². The number of hydrogen-bond acceptors (Lipinski definition) is 1. The van der Waals surface area contributed by atoms with E-state index in [4.69, 9.17) is 0 Å².